The molecule has 0 heterocycles. The maximum Gasteiger partial charge on any atom is 0.236 e. The van der Waals surface area contributed by atoms with Gasteiger partial charge in [-0.2, -0.15) is 0 Å². The van der Waals surface area contributed by atoms with Crippen molar-refractivity contribution in [2.75, 3.05) is 13.7 Å². The molecule has 1 unspecified atom stereocenters. The first kappa shape index (κ1) is 17.8. The first-order valence-electron chi connectivity index (χ1n) is 7.42. The average Bonchev–Trinajstić information content (AvgIpc) is 2.49. The third-order valence-electron chi connectivity index (χ3n) is 3.35. The number of hydrogen-bond acceptors (Lipinski definition) is 3. The Hall–Kier alpha value is -1.26. The van der Waals surface area contributed by atoms with Crippen LogP contribution in [0.1, 0.15) is 38.7 Å². The van der Waals surface area contributed by atoms with E-state index in [9.17, 15) is 4.79 Å². The number of nitrogens with one attached hydrogen (secondary N) is 2. The van der Waals surface area contributed by atoms with Crippen molar-refractivity contribution in [1.82, 2.24) is 10.6 Å². The van der Waals surface area contributed by atoms with Crippen LogP contribution in [0.15, 0.2) is 18.2 Å². The van der Waals surface area contributed by atoms with Crippen molar-refractivity contribution >= 4 is 17.5 Å². The molecule has 0 saturated carbocycles. The Morgan fingerprint density at radius 3 is 2.81 bits per heavy atom. The molecule has 1 rings (SSSR count). The van der Waals surface area contributed by atoms with E-state index >= 15 is 0 Å². The van der Waals surface area contributed by atoms with Crippen LogP contribution in [0.3, 0.4) is 0 Å². The van der Waals surface area contributed by atoms with Crippen LogP contribution < -0.4 is 15.4 Å². The molecule has 0 spiro atoms. The number of unbranched alkanes of at least 4 members (excludes halogenated alkanes) is 2. The van der Waals surface area contributed by atoms with Crippen molar-refractivity contribution < 1.29 is 9.53 Å². The molecule has 2 N–H and O–H groups in total. The summed E-state index contributed by atoms with van der Waals surface area (Å²) in [5.74, 6) is 0.739. The zero-order valence-electron chi connectivity index (χ0n) is 13.0. The van der Waals surface area contributed by atoms with Gasteiger partial charge in [0.2, 0.25) is 5.91 Å². The van der Waals surface area contributed by atoms with Crippen molar-refractivity contribution in [3.05, 3.63) is 28.8 Å². The van der Waals surface area contributed by atoms with E-state index in [1.54, 1.807) is 7.11 Å². The van der Waals surface area contributed by atoms with Crippen molar-refractivity contribution in [3.8, 4) is 5.75 Å². The van der Waals surface area contributed by atoms with Crippen LogP contribution in [0, 0.1) is 0 Å². The number of ether oxygens (including phenoxy) is 1. The first-order chi connectivity index (χ1) is 10.1. The summed E-state index contributed by atoms with van der Waals surface area (Å²) in [4.78, 5) is 11.9. The number of carbonyl (C=O) groups is 1. The lowest BCUT2D eigenvalue weighted by Gasteiger charge is -2.16. The summed E-state index contributed by atoms with van der Waals surface area (Å²) in [6, 6.07) is 5.25. The fourth-order valence-electron chi connectivity index (χ4n) is 1.99. The molecule has 1 aromatic carbocycles. The van der Waals surface area contributed by atoms with Crippen LogP contribution in [-0.4, -0.2) is 25.6 Å². The predicted molar refractivity (Wildman–Crippen MR) is 86.8 cm³/mol. The number of methoxy groups -OCH3 is 1. The Morgan fingerprint density at radius 1 is 1.38 bits per heavy atom. The van der Waals surface area contributed by atoms with Crippen LogP contribution in [-0.2, 0) is 11.3 Å². The zero-order valence-corrected chi connectivity index (χ0v) is 13.8. The molecule has 0 aliphatic rings. The molecule has 118 valence electrons. The smallest absolute Gasteiger partial charge is 0.236 e. The van der Waals surface area contributed by atoms with Gasteiger partial charge in [0.15, 0.2) is 0 Å². The number of benzene rings is 1. The van der Waals surface area contributed by atoms with Gasteiger partial charge in [0.1, 0.15) is 5.75 Å². The van der Waals surface area contributed by atoms with E-state index in [4.69, 9.17) is 16.3 Å². The number of rotatable bonds is 9. The number of carbonyl (C=O) groups excluding carboxylic acids is 1. The monoisotopic (exact) mass is 312 g/mol. The minimum Gasteiger partial charge on any atom is -0.496 e. The van der Waals surface area contributed by atoms with Crippen LogP contribution in [0.4, 0.5) is 0 Å². The van der Waals surface area contributed by atoms with Crippen LogP contribution in [0.2, 0.25) is 5.02 Å². The summed E-state index contributed by atoms with van der Waals surface area (Å²) in [6.07, 6.45) is 3.31. The highest BCUT2D eigenvalue weighted by atomic mass is 35.5. The molecule has 1 amide bonds. The lowest BCUT2D eigenvalue weighted by molar-refractivity contribution is -0.122. The first-order valence-corrected chi connectivity index (χ1v) is 7.80. The van der Waals surface area contributed by atoms with Gasteiger partial charge >= 0.3 is 0 Å². The van der Waals surface area contributed by atoms with E-state index < -0.39 is 0 Å². The van der Waals surface area contributed by atoms with Crippen LogP contribution >= 0.6 is 11.6 Å². The van der Waals surface area contributed by atoms with E-state index in [-0.39, 0.29) is 11.9 Å². The highest BCUT2D eigenvalue weighted by Crippen LogP contribution is 2.25. The minimum atomic E-state index is -0.271. The summed E-state index contributed by atoms with van der Waals surface area (Å²) in [6.45, 7) is 5.21. The fourth-order valence-corrected chi connectivity index (χ4v) is 2.22. The van der Waals surface area contributed by atoms with Gasteiger partial charge in [-0.25, -0.2) is 0 Å². The molecule has 0 bridgehead atoms. The van der Waals surface area contributed by atoms with Gasteiger partial charge in [-0.1, -0.05) is 37.4 Å². The van der Waals surface area contributed by atoms with Crippen molar-refractivity contribution in [1.29, 1.82) is 0 Å². The topological polar surface area (TPSA) is 50.4 Å². The number of halogens is 1. The molecular formula is C16H25ClN2O2. The second-order valence-electron chi connectivity index (χ2n) is 5.02. The lowest BCUT2D eigenvalue weighted by Crippen LogP contribution is -2.42. The van der Waals surface area contributed by atoms with E-state index in [1.165, 1.54) is 0 Å². The van der Waals surface area contributed by atoms with E-state index in [0.29, 0.717) is 11.6 Å². The maximum atomic E-state index is 11.9. The Morgan fingerprint density at radius 2 is 2.14 bits per heavy atom. The molecule has 21 heavy (non-hydrogen) atoms. The van der Waals surface area contributed by atoms with Crippen LogP contribution in [0.25, 0.3) is 0 Å². The summed E-state index contributed by atoms with van der Waals surface area (Å²) >= 11 is 6.17. The minimum absolute atomic E-state index is 0.0112. The average molecular weight is 313 g/mol. The SMILES string of the molecule is CCCCCNC(=O)C(C)NCc1c(Cl)cccc1OC. The molecule has 0 fully saturated rings. The molecule has 0 radical (unpaired) electrons. The van der Waals surface area contributed by atoms with E-state index in [2.05, 4.69) is 17.6 Å². The highest BCUT2D eigenvalue weighted by molar-refractivity contribution is 6.31. The molecule has 5 heteroatoms. The predicted octanol–water partition coefficient (Wildman–Crippen LogP) is 3.13. The standard InChI is InChI=1S/C16H25ClN2O2/c1-4-5-6-10-18-16(20)12(2)19-11-13-14(17)8-7-9-15(13)21-3/h7-9,12,19H,4-6,10-11H2,1-3H3,(H,18,20). The molecule has 1 atom stereocenters. The Balaban J connectivity index is 2.45. The third kappa shape index (κ3) is 5.94. The van der Waals surface area contributed by atoms with Crippen LogP contribution in [0.5, 0.6) is 5.75 Å². The van der Waals surface area contributed by atoms with E-state index in [1.807, 2.05) is 25.1 Å². The van der Waals surface area contributed by atoms with Gasteiger partial charge in [0, 0.05) is 23.7 Å². The van der Waals surface area contributed by atoms with Crippen molar-refractivity contribution in [2.45, 2.75) is 45.7 Å². The van der Waals surface area contributed by atoms with Gasteiger partial charge in [0.05, 0.1) is 13.2 Å². The largest absolute Gasteiger partial charge is 0.496 e. The summed E-state index contributed by atoms with van der Waals surface area (Å²) in [5, 5.41) is 6.75. The second kappa shape index (κ2) is 9.64. The normalized spacial score (nSPS) is 12.0. The number of hydrogen-bond donors (Lipinski definition) is 2. The molecule has 0 aromatic heterocycles. The summed E-state index contributed by atoms with van der Waals surface area (Å²) in [7, 11) is 1.61. The number of amides is 1. The van der Waals surface area contributed by atoms with E-state index in [0.717, 1.165) is 37.1 Å². The molecule has 4 nitrogen and oxygen atoms in total. The Bertz CT molecular complexity index is 452. The zero-order chi connectivity index (χ0) is 15.7. The fraction of sp³-hybridized carbons (Fsp3) is 0.562. The lowest BCUT2D eigenvalue weighted by atomic mass is 10.2. The second-order valence-corrected chi connectivity index (χ2v) is 5.43. The van der Waals surface area contributed by atoms with Crippen molar-refractivity contribution in [3.63, 3.8) is 0 Å². The third-order valence-corrected chi connectivity index (χ3v) is 3.71. The van der Waals surface area contributed by atoms with Gasteiger partial charge in [-0.05, 0) is 25.5 Å². The molecule has 0 aliphatic carbocycles. The highest BCUT2D eigenvalue weighted by Gasteiger charge is 2.14. The molecular weight excluding hydrogens is 288 g/mol. The molecule has 1 aromatic rings. The summed E-state index contributed by atoms with van der Waals surface area (Å²) in [5.41, 5.74) is 0.868. The summed E-state index contributed by atoms with van der Waals surface area (Å²) < 4.78 is 5.29. The molecule has 0 saturated heterocycles. The van der Waals surface area contributed by atoms with Gasteiger partial charge in [0.25, 0.3) is 0 Å². The Kier molecular flexibility index (Phi) is 8.16. The van der Waals surface area contributed by atoms with Gasteiger partial charge < -0.3 is 15.4 Å². The Labute approximate surface area is 132 Å². The van der Waals surface area contributed by atoms with Gasteiger partial charge in [-0.3, -0.25) is 4.79 Å². The van der Waals surface area contributed by atoms with Gasteiger partial charge in [-0.15, -0.1) is 0 Å². The maximum absolute atomic E-state index is 11.9. The quantitative estimate of drug-likeness (QED) is 0.689. The molecule has 0 aliphatic heterocycles. The van der Waals surface area contributed by atoms with Crippen molar-refractivity contribution in [2.24, 2.45) is 0 Å².